The molecule has 0 radical (unpaired) electrons. The number of pyridine rings is 1. The van der Waals surface area contributed by atoms with Crippen LogP contribution in [0.4, 0.5) is 8.78 Å². The summed E-state index contributed by atoms with van der Waals surface area (Å²) in [5, 5.41) is 3.02. The summed E-state index contributed by atoms with van der Waals surface area (Å²) in [7, 11) is 0. The van der Waals surface area contributed by atoms with Crippen molar-refractivity contribution in [2.24, 2.45) is 0 Å². The fourth-order valence-corrected chi connectivity index (χ4v) is 1.71. The predicted molar refractivity (Wildman–Crippen MR) is 65.9 cm³/mol. The van der Waals surface area contributed by atoms with Crippen molar-refractivity contribution in [1.29, 1.82) is 0 Å². The Balaban J connectivity index is 1.99. The minimum Gasteiger partial charge on any atom is -0.308 e. The van der Waals surface area contributed by atoms with E-state index in [4.69, 9.17) is 0 Å². The molecule has 0 fully saturated rings. The molecule has 0 unspecified atom stereocenters. The van der Waals surface area contributed by atoms with Gasteiger partial charge < -0.3 is 5.32 Å². The van der Waals surface area contributed by atoms with Gasteiger partial charge in [-0.1, -0.05) is 6.07 Å². The molecule has 1 N–H and O–H groups in total. The molecule has 0 saturated heterocycles. The third-order valence-electron chi connectivity index (χ3n) is 2.83. The Kier molecular flexibility index (Phi) is 3.99. The highest BCUT2D eigenvalue weighted by Gasteiger charge is 2.07. The molecular weight excluding hydrogens is 234 g/mol. The molecule has 0 saturated carbocycles. The smallest absolute Gasteiger partial charge is 0.130 e. The Morgan fingerprint density at radius 2 is 1.83 bits per heavy atom. The van der Waals surface area contributed by atoms with Gasteiger partial charge in [-0.3, -0.25) is 4.98 Å². The summed E-state index contributed by atoms with van der Waals surface area (Å²) >= 11 is 0. The van der Waals surface area contributed by atoms with E-state index in [1.165, 1.54) is 18.2 Å². The van der Waals surface area contributed by atoms with E-state index in [2.05, 4.69) is 10.3 Å². The second-order valence-corrected chi connectivity index (χ2v) is 4.11. The number of nitrogens with zero attached hydrogens (tertiary/aromatic N) is 1. The van der Waals surface area contributed by atoms with Crippen molar-refractivity contribution in [3.05, 3.63) is 65.0 Å². The lowest BCUT2D eigenvalue weighted by Gasteiger charge is -2.08. The summed E-state index contributed by atoms with van der Waals surface area (Å²) in [4.78, 5) is 4.02. The SMILES string of the molecule is Cc1ccncc1CNCc1c(F)cccc1F. The van der Waals surface area contributed by atoms with E-state index in [9.17, 15) is 8.78 Å². The van der Waals surface area contributed by atoms with Crippen LogP contribution in [0, 0.1) is 18.6 Å². The van der Waals surface area contributed by atoms with Crippen molar-refractivity contribution in [1.82, 2.24) is 10.3 Å². The summed E-state index contributed by atoms with van der Waals surface area (Å²) in [6, 6.07) is 5.78. The van der Waals surface area contributed by atoms with Crippen LogP contribution in [0.2, 0.25) is 0 Å². The quantitative estimate of drug-likeness (QED) is 0.899. The van der Waals surface area contributed by atoms with Crippen LogP contribution in [0.1, 0.15) is 16.7 Å². The molecule has 0 aliphatic heterocycles. The van der Waals surface area contributed by atoms with E-state index in [-0.39, 0.29) is 12.1 Å². The first-order valence-corrected chi connectivity index (χ1v) is 5.71. The summed E-state index contributed by atoms with van der Waals surface area (Å²) in [5.41, 5.74) is 2.19. The molecule has 0 spiro atoms. The van der Waals surface area contributed by atoms with Gasteiger partial charge in [-0.15, -0.1) is 0 Å². The van der Waals surface area contributed by atoms with Gasteiger partial charge in [0.15, 0.2) is 0 Å². The normalized spacial score (nSPS) is 10.6. The maximum absolute atomic E-state index is 13.4. The number of halogens is 2. The van der Waals surface area contributed by atoms with Crippen molar-refractivity contribution in [3.8, 4) is 0 Å². The average molecular weight is 248 g/mol. The molecule has 0 amide bonds. The van der Waals surface area contributed by atoms with Crippen molar-refractivity contribution >= 4 is 0 Å². The molecule has 0 aliphatic carbocycles. The van der Waals surface area contributed by atoms with Crippen molar-refractivity contribution in [2.45, 2.75) is 20.0 Å². The van der Waals surface area contributed by atoms with E-state index in [0.29, 0.717) is 6.54 Å². The van der Waals surface area contributed by atoms with Crippen LogP contribution in [0.3, 0.4) is 0 Å². The highest BCUT2D eigenvalue weighted by atomic mass is 19.1. The lowest BCUT2D eigenvalue weighted by Crippen LogP contribution is -2.15. The standard InChI is InChI=1S/C14H14F2N2/c1-10-5-6-17-7-11(10)8-18-9-12-13(15)3-2-4-14(12)16/h2-7,18H,8-9H2,1H3. The first kappa shape index (κ1) is 12.6. The van der Waals surface area contributed by atoms with Crippen molar-refractivity contribution in [3.63, 3.8) is 0 Å². The van der Waals surface area contributed by atoms with Gasteiger partial charge in [-0.2, -0.15) is 0 Å². The lowest BCUT2D eigenvalue weighted by molar-refractivity contribution is 0.535. The number of aromatic nitrogens is 1. The minimum atomic E-state index is -0.523. The molecule has 2 nitrogen and oxygen atoms in total. The molecule has 1 aromatic carbocycles. The third kappa shape index (κ3) is 2.90. The van der Waals surface area contributed by atoms with Gasteiger partial charge in [0.1, 0.15) is 11.6 Å². The van der Waals surface area contributed by atoms with Gasteiger partial charge >= 0.3 is 0 Å². The topological polar surface area (TPSA) is 24.9 Å². The molecule has 0 atom stereocenters. The van der Waals surface area contributed by atoms with Crippen molar-refractivity contribution < 1.29 is 8.78 Å². The zero-order valence-electron chi connectivity index (χ0n) is 10.1. The molecule has 94 valence electrons. The molecular formula is C14H14F2N2. The number of rotatable bonds is 4. The molecule has 0 bridgehead atoms. The second kappa shape index (κ2) is 5.69. The molecule has 0 aliphatic rings. The van der Waals surface area contributed by atoms with Crippen LogP contribution in [-0.2, 0) is 13.1 Å². The molecule has 4 heteroatoms. The predicted octanol–water partition coefficient (Wildman–Crippen LogP) is 2.96. The number of hydrogen-bond donors (Lipinski definition) is 1. The summed E-state index contributed by atoms with van der Waals surface area (Å²) in [6.07, 6.45) is 3.47. The molecule has 2 aromatic rings. The molecule has 2 rings (SSSR count). The van der Waals surface area contributed by atoms with Gasteiger partial charge in [-0.05, 0) is 36.2 Å². The van der Waals surface area contributed by atoms with Gasteiger partial charge in [0.2, 0.25) is 0 Å². The average Bonchev–Trinajstić information content (AvgIpc) is 2.35. The summed E-state index contributed by atoms with van der Waals surface area (Å²) in [6.45, 7) is 2.67. The van der Waals surface area contributed by atoms with E-state index in [1.54, 1.807) is 12.4 Å². The second-order valence-electron chi connectivity index (χ2n) is 4.11. The van der Waals surface area contributed by atoms with E-state index < -0.39 is 11.6 Å². The van der Waals surface area contributed by atoms with Gasteiger partial charge in [-0.25, -0.2) is 8.78 Å². The Bertz CT molecular complexity index is 521. The van der Waals surface area contributed by atoms with Gasteiger partial charge in [0.05, 0.1) is 0 Å². The molecule has 18 heavy (non-hydrogen) atoms. The first-order valence-electron chi connectivity index (χ1n) is 5.71. The van der Waals surface area contributed by atoms with Crippen LogP contribution < -0.4 is 5.32 Å². The third-order valence-corrected chi connectivity index (χ3v) is 2.83. The molecule has 1 heterocycles. The highest BCUT2D eigenvalue weighted by molar-refractivity contribution is 5.22. The molecule has 1 aromatic heterocycles. The summed E-state index contributed by atoms with van der Waals surface area (Å²) < 4.78 is 26.7. The lowest BCUT2D eigenvalue weighted by atomic mass is 10.1. The monoisotopic (exact) mass is 248 g/mol. The fraction of sp³-hybridized carbons (Fsp3) is 0.214. The zero-order valence-corrected chi connectivity index (χ0v) is 10.1. The number of benzene rings is 1. The Hall–Kier alpha value is -1.81. The maximum atomic E-state index is 13.4. The van der Waals surface area contributed by atoms with E-state index in [1.807, 2.05) is 13.0 Å². The number of hydrogen-bond acceptors (Lipinski definition) is 2. The van der Waals surface area contributed by atoms with E-state index in [0.717, 1.165) is 11.1 Å². The van der Waals surface area contributed by atoms with Gasteiger partial charge in [0, 0.05) is 31.0 Å². The van der Waals surface area contributed by atoms with Gasteiger partial charge in [0.25, 0.3) is 0 Å². The first-order chi connectivity index (χ1) is 8.68. The van der Waals surface area contributed by atoms with Crippen LogP contribution in [0.25, 0.3) is 0 Å². The zero-order chi connectivity index (χ0) is 13.0. The van der Waals surface area contributed by atoms with Crippen molar-refractivity contribution in [2.75, 3.05) is 0 Å². The Labute approximate surface area is 105 Å². The van der Waals surface area contributed by atoms with Crippen LogP contribution >= 0.6 is 0 Å². The van der Waals surface area contributed by atoms with E-state index >= 15 is 0 Å². The fourth-order valence-electron chi connectivity index (χ4n) is 1.71. The highest BCUT2D eigenvalue weighted by Crippen LogP contribution is 2.12. The number of aryl methyl sites for hydroxylation is 1. The summed E-state index contributed by atoms with van der Waals surface area (Å²) in [5.74, 6) is -1.05. The maximum Gasteiger partial charge on any atom is 0.130 e. The van der Waals surface area contributed by atoms with Crippen LogP contribution in [-0.4, -0.2) is 4.98 Å². The minimum absolute atomic E-state index is 0.0686. The largest absolute Gasteiger partial charge is 0.308 e. The van der Waals surface area contributed by atoms with Crippen LogP contribution in [0.5, 0.6) is 0 Å². The van der Waals surface area contributed by atoms with Crippen LogP contribution in [0.15, 0.2) is 36.7 Å². The Morgan fingerprint density at radius 3 is 2.50 bits per heavy atom. The Morgan fingerprint density at radius 1 is 1.11 bits per heavy atom. The number of nitrogens with one attached hydrogen (secondary N) is 1.